The van der Waals surface area contributed by atoms with Crippen LogP contribution in [0.25, 0.3) is 11.1 Å². The molecule has 8 nitrogen and oxygen atoms in total. The van der Waals surface area contributed by atoms with E-state index < -0.39 is 22.9 Å². The highest BCUT2D eigenvalue weighted by Gasteiger charge is 2.49. The quantitative estimate of drug-likeness (QED) is 0.514. The highest BCUT2D eigenvalue weighted by molar-refractivity contribution is 5.84. The molecule has 1 amide bonds. The molecule has 0 saturated carbocycles. The SMILES string of the molecule is COCC1(C(=O)N2CC(c3cc(C(F)(F)F)ccn3)C2)CCN(Cc2ccc3oc(=O)n(C)c3c2)C1. The molecule has 0 bridgehead atoms. The van der Waals surface area contributed by atoms with Gasteiger partial charge in [0.05, 0.1) is 23.1 Å². The summed E-state index contributed by atoms with van der Waals surface area (Å²) in [5.41, 5.74) is 1.15. The molecule has 0 N–H and O–H groups in total. The van der Waals surface area contributed by atoms with Gasteiger partial charge in [0.1, 0.15) is 0 Å². The molecule has 3 aromatic rings. The van der Waals surface area contributed by atoms with Crippen LogP contribution in [0.1, 0.15) is 29.2 Å². The fourth-order valence-corrected chi connectivity index (χ4v) is 5.27. The summed E-state index contributed by atoms with van der Waals surface area (Å²) in [5, 5.41) is 0. The van der Waals surface area contributed by atoms with Crippen LogP contribution in [0.2, 0.25) is 0 Å². The largest absolute Gasteiger partial charge is 0.419 e. The van der Waals surface area contributed by atoms with E-state index in [4.69, 9.17) is 9.15 Å². The van der Waals surface area contributed by atoms with Gasteiger partial charge in [0, 0.05) is 58.1 Å². The third-order valence-corrected chi connectivity index (χ3v) is 7.26. The van der Waals surface area contributed by atoms with Crippen LogP contribution in [0.5, 0.6) is 0 Å². The molecule has 11 heteroatoms. The molecule has 0 aliphatic carbocycles. The molecule has 0 radical (unpaired) electrons. The second kappa shape index (κ2) is 9.04. The topological polar surface area (TPSA) is 80.8 Å². The van der Waals surface area contributed by atoms with E-state index in [0.717, 1.165) is 17.7 Å². The Morgan fingerprint density at radius 1 is 1.25 bits per heavy atom. The number of carbonyl (C=O) groups is 1. The Hall–Kier alpha value is -3.18. The van der Waals surface area contributed by atoms with E-state index in [2.05, 4.69) is 9.88 Å². The standard InChI is InChI=1S/C25H27F3N4O4/c1-30-20-9-16(3-4-21(20)36-23(30)34)11-31-8-6-24(14-31,15-35-2)22(33)32-12-17(13-32)19-10-18(5-7-29-19)25(26,27)28/h3-5,7,9-10,17H,6,8,11-15H2,1-2H3. The van der Waals surface area contributed by atoms with Gasteiger partial charge in [0.2, 0.25) is 5.91 Å². The lowest BCUT2D eigenvalue weighted by Crippen LogP contribution is -2.56. The van der Waals surface area contributed by atoms with E-state index >= 15 is 0 Å². The van der Waals surface area contributed by atoms with Crippen molar-refractivity contribution in [1.82, 2.24) is 19.4 Å². The number of benzene rings is 1. The van der Waals surface area contributed by atoms with Crippen LogP contribution in [-0.2, 0) is 29.3 Å². The number of aromatic nitrogens is 2. The maximum atomic E-state index is 13.5. The first-order valence-corrected chi connectivity index (χ1v) is 11.7. The number of hydrogen-bond donors (Lipinski definition) is 0. The summed E-state index contributed by atoms with van der Waals surface area (Å²) in [4.78, 5) is 33.3. The Labute approximate surface area is 205 Å². The third kappa shape index (κ3) is 4.41. The number of rotatable bonds is 6. The van der Waals surface area contributed by atoms with Crippen LogP contribution < -0.4 is 5.76 Å². The van der Waals surface area contributed by atoms with Gasteiger partial charge in [-0.05, 0) is 42.8 Å². The van der Waals surface area contributed by atoms with Crippen LogP contribution in [0.3, 0.4) is 0 Å². The van der Waals surface area contributed by atoms with Crippen LogP contribution in [-0.4, -0.2) is 65.2 Å². The molecule has 2 aliphatic rings. The lowest BCUT2D eigenvalue weighted by Gasteiger charge is -2.43. The monoisotopic (exact) mass is 504 g/mol. The van der Waals surface area contributed by atoms with Gasteiger partial charge in [-0.3, -0.25) is 19.2 Å². The lowest BCUT2D eigenvalue weighted by atomic mass is 9.83. The van der Waals surface area contributed by atoms with E-state index in [1.54, 1.807) is 25.1 Å². The number of alkyl halides is 3. The van der Waals surface area contributed by atoms with Gasteiger partial charge < -0.3 is 14.1 Å². The maximum Gasteiger partial charge on any atom is 0.419 e. The van der Waals surface area contributed by atoms with Crippen molar-refractivity contribution in [3.05, 3.63) is 63.9 Å². The van der Waals surface area contributed by atoms with Crippen LogP contribution in [0.15, 0.2) is 45.7 Å². The van der Waals surface area contributed by atoms with Crippen LogP contribution in [0.4, 0.5) is 13.2 Å². The minimum atomic E-state index is -4.43. The normalized spacial score (nSPS) is 21.3. The minimum absolute atomic E-state index is 0.0391. The van der Waals surface area contributed by atoms with Crippen molar-refractivity contribution in [1.29, 1.82) is 0 Å². The molecule has 2 saturated heterocycles. The van der Waals surface area contributed by atoms with E-state index in [1.807, 2.05) is 12.1 Å². The average Bonchev–Trinajstić information content (AvgIpc) is 3.34. The summed E-state index contributed by atoms with van der Waals surface area (Å²) in [6.45, 7) is 2.74. The molecule has 1 unspecified atom stereocenters. The number of hydrogen-bond acceptors (Lipinski definition) is 6. The van der Waals surface area contributed by atoms with Gasteiger partial charge in [-0.25, -0.2) is 4.79 Å². The van der Waals surface area contributed by atoms with E-state index in [-0.39, 0.29) is 18.4 Å². The number of halogens is 3. The van der Waals surface area contributed by atoms with Gasteiger partial charge >= 0.3 is 11.9 Å². The van der Waals surface area contributed by atoms with E-state index in [1.165, 1.54) is 10.8 Å². The van der Waals surface area contributed by atoms with Crippen molar-refractivity contribution in [2.45, 2.75) is 25.1 Å². The predicted molar refractivity (Wildman–Crippen MR) is 124 cm³/mol. The number of amides is 1. The minimum Gasteiger partial charge on any atom is -0.408 e. The molecule has 5 rings (SSSR count). The van der Waals surface area contributed by atoms with Crippen molar-refractivity contribution < 1.29 is 27.1 Å². The van der Waals surface area contributed by atoms with Gasteiger partial charge in [-0.2, -0.15) is 13.2 Å². The van der Waals surface area contributed by atoms with Crippen molar-refractivity contribution >= 4 is 17.0 Å². The number of carbonyl (C=O) groups excluding carboxylic acids is 1. The number of methoxy groups -OCH3 is 1. The molecule has 192 valence electrons. The summed E-state index contributed by atoms with van der Waals surface area (Å²) in [6, 6.07) is 7.63. The summed E-state index contributed by atoms with van der Waals surface area (Å²) in [6.07, 6.45) is -2.64. The van der Waals surface area contributed by atoms with Gasteiger partial charge in [-0.1, -0.05) is 6.07 Å². The Balaban J connectivity index is 1.26. The number of aryl methyl sites for hydroxylation is 1. The summed E-state index contributed by atoms with van der Waals surface area (Å²) in [7, 11) is 3.22. The number of nitrogens with zero attached hydrogens (tertiary/aromatic N) is 4. The predicted octanol–water partition coefficient (Wildman–Crippen LogP) is 3.01. The fourth-order valence-electron chi connectivity index (χ4n) is 5.27. The summed E-state index contributed by atoms with van der Waals surface area (Å²) in [5.74, 6) is -0.675. The summed E-state index contributed by atoms with van der Waals surface area (Å²) >= 11 is 0. The molecule has 2 aromatic heterocycles. The zero-order valence-electron chi connectivity index (χ0n) is 20.0. The second-order valence-corrected chi connectivity index (χ2v) is 9.78. The smallest absolute Gasteiger partial charge is 0.408 e. The van der Waals surface area contributed by atoms with Crippen LogP contribution in [0, 0.1) is 5.41 Å². The van der Waals surface area contributed by atoms with Crippen molar-refractivity contribution in [2.75, 3.05) is 39.9 Å². The Kier molecular flexibility index (Phi) is 6.16. The molecule has 36 heavy (non-hydrogen) atoms. The van der Waals surface area contributed by atoms with Crippen LogP contribution >= 0.6 is 0 Å². The Morgan fingerprint density at radius 3 is 2.75 bits per heavy atom. The second-order valence-electron chi connectivity index (χ2n) is 9.78. The first kappa shape index (κ1) is 24.5. The highest BCUT2D eigenvalue weighted by Crippen LogP contribution is 2.38. The molecule has 1 aromatic carbocycles. The zero-order valence-corrected chi connectivity index (χ0v) is 20.0. The number of fused-ring (bicyclic) bond motifs is 1. The zero-order chi connectivity index (χ0) is 25.7. The molecule has 1 atom stereocenters. The molecule has 4 heterocycles. The first-order valence-electron chi connectivity index (χ1n) is 11.7. The van der Waals surface area contributed by atoms with E-state index in [0.29, 0.717) is 55.9 Å². The number of pyridine rings is 1. The molecule has 2 fully saturated rings. The van der Waals surface area contributed by atoms with Crippen molar-refractivity contribution in [3.8, 4) is 0 Å². The Bertz CT molecular complexity index is 1350. The summed E-state index contributed by atoms with van der Waals surface area (Å²) < 4.78 is 51.3. The molecular formula is C25H27F3N4O4. The van der Waals surface area contributed by atoms with Crippen molar-refractivity contribution in [3.63, 3.8) is 0 Å². The maximum absolute atomic E-state index is 13.5. The highest BCUT2D eigenvalue weighted by atomic mass is 19.4. The fraction of sp³-hybridized carbons (Fsp3) is 0.480. The van der Waals surface area contributed by atoms with E-state index in [9.17, 15) is 22.8 Å². The average molecular weight is 505 g/mol. The van der Waals surface area contributed by atoms with Gasteiger partial charge in [-0.15, -0.1) is 0 Å². The van der Waals surface area contributed by atoms with Crippen molar-refractivity contribution in [2.24, 2.45) is 12.5 Å². The van der Waals surface area contributed by atoms with Gasteiger partial charge in [0.25, 0.3) is 0 Å². The number of likely N-dealkylation sites (tertiary alicyclic amines) is 2. The molecule has 0 spiro atoms. The molecule has 2 aliphatic heterocycles. The van der Waals surface area contributed by atoms with Gasteiger partial charge in [0.15, 0.2) is 5.58 Å². The lowest BCUT2D eigenvalue weighted by molar-refractivity contribution is -0.149. The number of oxazole rings is 1. The number of ether oxygens (including phenoxy) is 1. The first-order chi connectivity index (χ1) is 17.1. The third-order valence-electron chi connectivity index (χ3n) is 7.26. The Morgan fingerprint density at radius 2 is 2.03 bits per heavy atom. The molecular weight excluding hydrogens is 477 g/mol.